The summed E-state index contributed by atoms with van der Waals surface area (Å²) in [6, 6.07) is 14.2. The predicted molar refractivity (Wildman–Crippen MR) is 126 cm³/mol. The van der Waals surface area contributed by atoms with Gasteiger partial charge < -0.3 is 4.74 Å². The molecule has 2 aromatic heterocycles. The molecular weight excluding hydrogens is 489 g/mol. The number of nitrogens with zero attached hydrogens (tertiary/aromatic N) is 3. The Morgan fingerprint density at radius 3 is 2.59 bits per heavy atom. The van der Waals surface area contributed by atoms with E-state index in [1.165, 1.54) is 10.7 Å². The molecule has 1 N–H and O–H groups in total. The van der Waals surface area contributed by atoms with E-state index >= 15 is 0 Å². The lowest BCUT2D eigenvalue weighted by Gasteiger charge is -2.18. The number of amides is 1. The minimum Gasteiger partial charge on any atom is -0.477 e. The topological polar surface area (TPSA) is 69.0 Å². The number of halogens is 4. The molecule has 0 saturated heterocycles. The number of alkyl halides is 3. The van der Waals surface area contributed by atoms with Crippen molar-refractivity contribution in [1.29, 1.82) is 0 Å². The highest BCUT2D eigenvalue weighted by Gasteiger charge is 2.62. The van der Waals surface area contributed by atoms with E-state index in [4.69, 9.17) is 16.3 Å². The van der Waals surface area contributed by atoms with Gasteiger partial charge in [0, 0.05) is 17.2 Å². The molecule has 0 spiro atoms. The molecule has 0 bridgehead atoms. The van der Waals surface area contributed by atoms with Gasteiger partial charge in [-0.2, -0.15) is 13.2 Å². The summed E-state index contributed by atoms with van der Waals surface area (Å²) >= 11 is 6.28. The monoisotopic (exact) mass is 510 g/mol. The van der Waals surface area contributed by atoms with Gasteiger partial charge in [-0.05, 0) is 55.8 Å². The quantitative estimate of drug-likeness (QED) is 0.306. The highest BCUT2D eigenvalue weighted by molar-refractivity contribution is 8.13. The fourth-order valence-corrected chi connectivity index (χ4v) is 4.89. The molecule has 1 amide bonds. The SMILES string of the molecule is C/C=S(/NC(=O)c1ccc(-n2ccc(OCCC3(C(F)(F)F)CC3)n2)nc1Cl)c1ccccc1. The van der Waals surface area contributed by atoms with Crippen LogP contribution in [0.1, 0.15) is 36.5 Å². The van der Waals surface area contributed by atoms with Crippen molar-refractivity contribution in [3.05, 3.63) is 65.4 Å². The first-order chi connectivity index (χ1) is 16.2. The van der Waals surface area contributed by atoms with Gasteiger partial charge in [0.1, 0.15) is 5.15 Å². The summed E-state index contributed by atoms with van der Waals surface area (Å²) in [5, 5.41) is 6.09. The third kappa shape index (κ3) is 5.28. The Kier molecular flexibility index (Phi) is 6.99. The van der Waals surface area contributed by atoms with Gasteiger partial charge in [-0.25, -0.2) is 9.67 Å². The van der Waals surface area contributed by atoms with Gasteiger partial charge in [-0.15, -0.1) is 5.10 Å². The van der Waals surface area contributed by atoms with Crippen LogP contribution in [0.25, 0.3) is 5.82 Å². The van der Waals surface area contributed by atoms with E-state index < -0.39 is 22.3 Å². The van der Waals surface area contributed by atoms with Gasteiger partial charge in [0.25, 0.3) is 5.91 Å². The maximum atomic E-state index is 13.0. The Morgan fingerprint density at radius 1 is 1.24 bits per heavy atom. The second-order valence-electron chi connectivity index (χ2n) is 7.80. The van der Waals surface area contributed by atoms with Crippen LogP contribution in [0.5, 0.6) is 5.88 Å². The van der Waals surface area contributed by atoms with E-state index in [2.05, 4.69) is 14.8 Å². The molecule has 1 aliphatic carbocycles. The maximum absolute atomic E-state index is 13.0. The predicted octanol–water partition coefficient (Wildman–Crippen LogP) is 5.83. The van der Waals surface area contributed by atoms with Crippen LogP contribution in [0.4, 0.5) is 13.2 Å². The summed E-state index contributed by atoms with van der Waals surface area (Å²) in [4.78, 5) is 18.0. The molecule has 11 heteroatoms. The number of hydrogen-bond acceptors (Lipinski definition) is 4. The number of ether oxygens (including phenoxy) is 1. The Hall–Kier alpha value is -2.85. The normalized spacial score (nSPS) is 15.7. The number of pyridine rings is 1. The van der Waals surface area contributed by atoms with Crippen LogP contribution < -0.4 is 9.46 Å². The summed E-state index contributed by atoms with van der Waals surface area (Å²) in [5.41, 5.74) is -1.40. The van der Waals surface area contributed by atoms with Gasteiger partial charge >= 0.3 is 6.18 Å². The van der Waals surface area contributed by atoms with Crippen molar-refractivity contribution in [2.75, 3.05) is 6.61 Å². The van der Waals surface area contributed by atoms with Crippen LogP contribution in [0.3, 0.4) is 0 Å². The Bertz CT molecular complexity index is 1210. The van der Waals surface area contributed by atoms with Gasteiger partial charge in [0.15, 0.2) is 5.82 Å². The van der Waals surface area contributed by atoms with Crippen molar-refractivity contribution in [3.63, 3.8) is 0 Å². The first-order valence-electron chi connectivity index (χ1n) is 10.5. The van der Waals surface area contributed by atoms with Crippen LogP contribution in [-0.4, -0.2) is 38.8 Å². The van der Waals surface area contributed by atoms with Crippen molar-refractivity contribution in [2.24, 2.45) is 5.41 Å². The summed E-state index contributed by atoms with van der Waals surface area (Å²) < 4.78 is 48.8. The first-order valence-corrected chi connectivity index (χ1v) is 12.2. The van der Waals surface area contributed by atoms with E-state index in [9.17, 15) is 18.0 Å². The second-order valence-corrected chi connectivity index (χ2v) is 9.98. The fraction of sp³-hybridized carbons (Fsp3) is 0.304. The number of aromatic nitrogens is 3. The van der Waals surface area contributed by atoms with E-state index in [1.807, 2.05) is 42.6 Å². The van der Waals surface area contributed by atoms with E-state index in [-0.39, 0.29) is 48.4 Å². The number of carbonyl (C=O) groups is 1. The Morgan fingerprint density at radius 2 is 1.97 bits per heavy atom. The Labute approximate surface area is 202 Å². The number of rotatable bonds is 8. The Balaban J connectivity index is 1.39. The summed E-state index contributed by atoms with van der Waals surface area (Å²) in [5.74, 6) is 0.162. The third-order valence-corrected chi connectivity index (χ3v) is 7.54. The second kappa shape index (κ2) is 9.79. The molecule has 1 unspecified atom stereocenters. The molecule has 1 atom stereocenters. The molecule has 34 heavy (non-hydrogen) atoms. The smallest absolute Gasteiger partial charge is 0.394 e. The molecular formula is C23H22ClF3N4O2S. The summed E-state index contributed by atoms with van der Waals surface area (Å²) in [6.07, 6.45) is -2.47. The lowest BCUT2D eigenvalue weighted by Crippen LogP contribution is -2.26. The van der Waals surface area contributed by atoms with Gasteiger partial charge in [-0.1, -0.05) is 40.5 Å². The molecule has 6 nitrogen and oxygen atoms in total. The van der Waals surface area contributed by atoms with Crippen molar-refractivity contribution < 1.29 is 22.7 Å². The van der Waals surface area contributed by atoms with Crippen molar-refractivity contribution in [2.45, 2.75) is 37.3 Å². The number of hydrogen-bond donors (Lipinski definition) is 1. The molecule has 1 fully saturated rings. The van der Waals surface area contributed by atoms with Crippen LogP contribution >= 0.6 is 22.3 Å². The van der Waals surface area contributed by atoms with Crippen molar-refractivity contribution in [3.8, 4) is 11.7 Å². The molecule has 1 aromatic carbocycles. The molecule has 1 saturated carbocycles. The molecule has 0 aliphatic heterocycles. The third-order valence-electron chi connectivity index (χ3n) is 5.60. The molecule has 2 heterocycles. The zero-order valence-electron chi connectivity index (χ0n) is 18.2. The minimum absolute atomic E-state index is 0.00142. The van der Waals surface area contributed by atoms with Crippen molar-refractivity contribution in [1.82, 2.24) is 19.5 Å². The van der Waals surface area contributed by atoms with E-state index in [0.29, 0.717) is 5.82 Å². The van der Waals surface area contributed by atoms with Crippen molar-refractivity contribution >= 4 is 33.5 Å². The fourth-order valence-electron chi connectivity index (χ4n) is 3.39. The molecule has 1 aliphatic rings. The average molecular weight is 511 g/mol. The summed E-state index contributed by atoms with van der Waals surface area (Å²) in [6.45, 7) is 1.78. The lowest BCUT2D eigenvalue weighted by atomic mass is 10.0. The highest BCUT2D eigenvalue weighted by atomic mass is 35.5. The molecule has 0 radical (unpaired) electrons. The van der Waals surface area contributed by atoms with E-state index in [0.717, 1.165) is 4.90 Å². The number of benzene rings is 1. The van der Waals surface area contributed by atoms with Gasteiger partial charge in [-0.3, -0.25) is 9.52 Å². The molecule has 3 aromatic rings. The molecule has 4 rings (SSSR count). The van der Waals surface area contributed by atoms with Gasteiger partial charge in [0.2, 0.25) is 5.88 Å². The lowest BCUT2D eigenvalue weighted by molar-refractivity contribution is -0.190. The van der Waals surface area contributed by atoms with Crippen LogP contribution in [0, 0.1) is 5.41 Å². The average Bonchev–Trinajstić information content (AvgIpc) is 3.47. The maximum Gasteiger partial charge on any atom is 0.394 e. The standard InChI is InChI=1S/C23H22ClF3N4O2S/c1-2-34(16-6-4-3-5-7-16)30-21(32)17-8-9-18(28-20(17)24)31-14-10-19(29-31)33-15-13-22(11-12-22)23(25,26)27/h2-10,14H,11-13,15H2,1H3,(H,30,32). The molecule has 180 valence electrons. The minimum atomic E-state index is -4.21. The number of nitrogens with one attached hydrogen (secondary N) is 1. The zero-order chi connectivity index (χ0) is 24.3. The highest BCUT2D eigenvalue weighted by Crippen LogP contribution is 2.59. The van der Waals surface area contributed by atoms with E-state index in [1.54, 1.807) is 18.3 Å². The summed E-state index contributed by atoms with van der Waals surface area (Å²) in [7, 11) is -0.598. The number of carbonyl (C=O) groups excluding carboxylic acids is 1. The van der Waals surface area contributed by atoms with Gasteiger partial charge in [0.05, 0.1) is 17.6 Å². The van der Waals surface area contributed by atoms with Crippen LogP contribution in [-0.2, 0) is 0 Å². The first kappa shape index (κ1) is 24.3. The largest absolute Gasteiger partial charge is 0.477 e. The zero-order valence-corrected chi connectivity index (χ0v) is 19.8. The van der Waals surface area contributed by atoms with Crippen LogP contribution in [0.15, 0.2) is 59.6 Å². The van der Waals surface area contributed by atoms with Crippen LogP contribution in [0.2, 0.25) is 5.15 Å².